The standard InChI is InChI=1S/C17H22N4O2.ClH/c1-11-8-13(21-16(19)9-11)4-2-3-7-20-17(23)14-10-12(18)5-6-15(14)22;/h5-6,8-10,22H,2-4,7,18H2,1H3,(H2,19,21)(H,20,23);1H. The number of hydrogen-bond donors (Lipinski definition) is 4. The molecule has 0 saturated heterocycles. The maximum Gasteiger partial charge on any atom is 0.255 e. The summed E-state index contributed by atoms with van der Waals surface area (Å²) in [6.07, 6.45) is 2.51. The van der Waals surface area contributed by atoms with Gasteiger partial charge in [-0.2, -0.15) is 0 Å². The molecule has 0 aliphatic heterocycles. The van der Waals surface area contributed by atoms with Crippen molar-refractivity contribution in [2.75, 3.05) is 18.0 Å². The van der Waals surface area contributed by atoms with Gasteiger partial charge in [-0.05, 0) is 62.1 Å². The van der Waals surface area contributed by atoms with E-state index in [1.54, 1.807) is 6.07 Å². The molecule has 24 heavy (non-hydrogen) atoms. The molecule has 1 heterocycles. The van der Waals surface area contributed by atoms with Crippen LogP contribution >= 0.6 is 12.4 Å². The van der Waals surface area contributed by atoms with Gasteiger partial charge in [0, 0.05) is 17.9 Å². The Morgan fingerprint density at radius 3 is 2.67 bits per heavy atom. The molecule has 7 heteroatoms. The number of nitrogens with two attached hydrogens (primary N) is 2. The number of aromatic hydroxyl groups is 1. The third-order valence-corrected chi connectivity index (χ3v) is 3.45. The second-order valence-electron chi connectivity index (χ2n) is 5.55. The first-order valence-corrected chi connectivity index (χ1v) is 7.55. The number of rotatable bonds is 6. The quantitative estimate of drug-likeness (QED) is 0.363. The zero-order valence-corrected chi connectivity index (χ0v) is 14.4. The van der Waals surface area contributed by atoms with Crippen LogP contribution in [-0.4, -0.2) is 22.5 Å². The van der Waals surface area contributed by atoms with Gasteiger partial charge in [-0.25, -0.2) is 4.98 Å². The molecule has 0 aliphatic carbocycles. The lowest BCUT2D eigenvalue weighted by molar-refractivity contribution is 0.0950. The second kappa shape index (κ2) is 8.98. The van der Waals surface area contributed by atoms with Crippen LogP contribution in [0.4, 0.5) is 11.5 Å². The number of carbonyl (C=O) groups excluding carboxylic acids is 1. The summed E-state index contributed by atoms with van der Waals surface area (Å²) in [5.41, 5.74) is 14.0. The van der Waals surface area contributed by atoms with Crippen LogP contribution < -0.4 is 16.8 Å². The molecule has 2 aromatic rings. The van der Waals surface area contributed by atoms with E-state index in [0.717, 1.165) is 30.5 Å². The molecule has 0 spiro atoms. The highest BCUT2D eigenvalue weighted by Crippen LogP contribution is 2.19. The number of pyridine rings is 1. The highest BCUT2D eigenvalue weighted by atomic mass is 35.5. The molecule has 0 atom stereocenters. The number of nitrogens with one attached hydrogen (secondary N) is 1. The lowest BCUT2D eigenvalue weighted by Crippen LogP contribution is -2.24. The summed E-state index contributed by atoms with van der Waals surface area (Å²) >= 11 is 0. The Hall–Kier alpha value is -2.47. The van der Waals surface area contributed by atoms with E-state index >= 15 is 0 Å². The molecule has 2 rings (SSSR count). The first-order valence-electron chi connectivity index (χ1n) is 7.55. The van der Waals surface area contributed by atoms with Crippen LogP contribution in [0, 0.1) is 6.92 Å². The maximum atomic E-state index is 12.0. The van der Waals surface area contributed by atoms with E-state index in [9.17, 15) is 9.90 Å². The molecular formula is C17H23ClN4O2. The molecule has 0 radical (unpaired) electrons. The van der Waals surface area contributed by atoms with E-state index in [1.807, 2.05) is 19.1 Å². The Morgan fingerprint density at radius 2 is 1.96 bits per heavy atom. The van der Waals surface area contributed by atoms with Crippen molar-refractivity contribution in [3.8, 4) is 5.75 Å². The summed E-state index contributed by atoms with van der Waals surface area (Å²) in [6.45, 7) is 2.51. The van der Waals surface area contributed by atoms with Gasteiger partial charge in [0.05, 0.1) is 5.56 Å². The minimum absolute atomic E-state index is 0. The van der Waals surface area contributed by atoms with Crippen LogP contribution in [0.15, 0.2) is 30.3 Å². The Morgan fingerprint density at radius 1 is 1.21 bits per heavy atom. The van der Waals surface area contributed by atoms with Crippen LogP contribution in [0.25, 0.3) is 0 Å². The molecule has 6 N–H and O–H groups in total. The van der Waals surface area contributed by atoms with Gasteiger partial charge in [-0.1, -0.05) is 0 Å². The van der Waals surface area contributed by atoms with Crippen LogP contribution in [-0.2, 0) is 6.42 Å². The summed E-state index contributed by atoms with van der Waals surface area (Å²) < 4.78 is 0. The lowest BCUT2D eigenvalue weighted by atomic mass is 10.1. The van der Waals surface area contributed by atoms with E-state index in [0.29, 0.717) is 18.1 Å². The van der Waals surface area contributed by atoms with Crippen LogP contribution in [0.1, 0.15) is 34.5 Å². The number of nitrogens with zero attached hydrogens (tertiary/aromatic N) is 1. The molecule has 1 amide bonds. The number of hydrogen-bond acceptors (Lipinski definition) is 5. The largest absolute Gasteiger partial charge is 0.507 e. The number of phenolic OH excluding ortho intramolecular Hbond substituents is 1. The number of anilines is 2. The van der Waals surface area contributed by atoms with E-state index in [2.05, 4.69) is 10.3 Å². The van der Waals surface area contributed by atoms with Crippen LogP contribution in [0.2, 0.25) is 0 Å². The predicted molar refractivity (Wildman–Crippen MR) is 98.4 cm³/mol. The Bertz CT molecular complexity index is 687. The molecule has 0 saturated carbocycles. The number of unbranched alkanes of at least 4 members (excludes halogenated alkanes) is 1. The van der Waals surface area contributed by atoms with Gasteiger partial charge < -0.3 is 21.9 Å². The number of phenols is 1. The molecule has 1 aromatic carbocycles. The highest BCUT2D eigenvalue weighted by molar-refractivity contribution is 5.97. The Labute approximate surface area is 147 Å². The third kappa shape index (κ3) is 5.62. The van der Waals surface area contributed by atoms with E-state index in [4.69, 9.17) is 11.5 Å². The average molecular weight is 351 g/mol. The summed E-state index contributed by atoms with van der Waals surface area (Å²) in [5, 5.41) is 12.4. The van der Waals surface area contributed by atoms with Crippen molar-refractivity contribution in [2.24, 2.45) is 0 Å². The fourth-order valence-corrected chi connectivity index (χ4v) is 2.36. The monoisotopic (exact) mass is 350 g/mol. The fraction of sp³-hybridized carbons (Fsp3) is 0.294. The van der Waals surface area contributed by atoms with Gasteiger partial charge in [0.2, 0.25) is 0 Å². The summed E-state index contributed by atoms with van der Waals surface area (Å²) in [5.74, 6) is 0.134. The minimum Gasteiger partial charge on any atom is -0.507 e. The minimum atomic E-state index is -0.326. The van der Waals surface area contributed by atoms with Crippen LogP contribution in [0.5, 0.6) is 5.75 Å². The summed E-state index contributed by atoms with van der Waals surface area (Å²) in [4.78, 5) is 16.3. The van der Waals surface area contributed by atoms with Crippen molar-refractivity contribution < 1.29 is 9.90 Å². The molecular weight excluding hydrogens is 328 g/mol. The lowest BCUT2D eigenvalue weighted by Gasteiger charge is -2.08. The van der Waals surface area contributed by atoms with Gasteiger partial charge in [0.1, 0.15) is 11.6 Å². The van der Waals surface area contributed by atoms with Crippen molar-refractivity contribution in [1.29, 1.82) is 0 Å². The first-order chi connectivity index (χ1) is 11.0. The van der Waals surface area contributed by atoms with Crippen molar-refractivity contribution in [2.45, 2.75) is 26.2 Å². The average Bonchev–Trinajstić information content (AvgIpc) is 2.48. The molecule has 0 bridgehead atoms. The number of amides is 1. The number of halogens is 1. The Kier molecular flexibility index (Phi) is 7.32. The highest BCUT2D eigenvalue weighted by Gasteiger charge is 2.10. The molecule has 6 nitrogen and oxygen atoms in total. The van der Waals surface area contributed by atoms with Crippen molar-refractivity contribution in [1.82, 2.24) is 10.3 Å². The van der Waals surface area contributed by atoms with Gasteiger partial charge in [0.15, 0.2) is 0 Å². The van der Waals surface area contributed by atoms with Gasteiger partial charge in [-0.3, -0.25) is 4.79 Å². The van der Waals surface area contributed by atoms with Gasteiger partial charge in [-0.15, -0.1) is 12.4 Å². The van der Waals surface area contributed by atoms with Gasteiger partial charge in [0.25, 0.3) is 5.91 Å². The molecule has 130 valence electrons. The number of benzene rings is 1. The predicted octanol–water partition coefficient (Wildman–Crippen LogP) is 2.43. The smallest absolute Gasteiger partial charge is 0.255 e. The summed E-state index contributed by atoms with van der Waals surface area (Å²) in [6, 6.07) is 8.27. The van der Waals surface area contributed by atoms with Crippen LogP contribution in [0.3, 0.4) is 0 Å². The van der Waals surface area contributed by atoms with E-state index in [-0.39, 0.29) is 29.6 Å². The van der Waals surface area contributed by atoms with E-state index in [1.165, 1.54) is 12.1 Å². The van der Waals surface area contributed by atoms with Gasteiger partial charge >= 0.3 is 0 Å². The second-order valence-corrected chi connectivity index (χ2v) is 5.55. The first kappa shape index (κ1) is 19.6. The van der Waals surface area contributed by atoms with E-state index < -0.39 is 0 Å². The maximum absolute atomic E-state index is 12.0. The Balaban J connectivity index is 0.00000288. The summed E-state index contributed by atoms with van der Waals surface area (Å²) in [7, 11) is 0. The van der Waals surface area contributed by atoms with Crippen molar-refractivity contribution in [3.05, 3.63) is 47.2 Å². The molecule has 0 unspecified atom stereocenters. The number of aryl methyl sites for hydroxylation is 2. The number of aromatic nitrogens is 1. The van der Waals surface area contributed by atoms with Crippen molar-refractivity contribution in [3.63, 3.8) is 0 Å². The fourth-order valence-electron chi connectivity index (χ4n) is 2.36. The normalized spacial score (nSPS) is 10.0. The SMILES string of the molecule is Cc1cc(N)nc(CCCCNC(=O)c2cc(N)ccc2O)c1.Cl. The molecule has 0 aliphatic rings. The zero-order valence-electron chi connectivity index (χ0n) is 13.6. The molecule has 0 fully saturated rings. The number of nitrogen functional groups attached to an aromatic ring is 2. The zero-order chi connectivity index (χ0) is 16.8. The third-order valence-electron chi connectivity index (χ3n) is 3.45. The molecule has 1 aromatic heterocycles. The number of carbonyl (C=O) groups is 1. The topological polar surface area (TPSA) is 114 Å². The van der Waals surface area contributed by atoms with Crippen molar-refractivity contribution >= 4 is 29.8 Å².